The molecule has 1 aromatic carbocycles. The van der Waals surface area contributed by atoms with Crippen LogP contribution >= 0.6 is 15.9 Å². The number of nitrogens with zero attached hydrogens (tertiary/aromatic N) is 1. The zero-order chi connectivity index (χ0) is 18.9. The molecule has 2 atom stereocenters. The molecule has 0 bridgehead atoms. The van der Waals surface area contributed by atoms with E-state index in [4.69, 9.17) is 4.74 Å². The Balaban J connectivity index is 2.06. The highest BCUT2D eigenvalue weighted by atomic mass is 79.9. The van der Waals surface area contributed by atoms with Gasteiger partial charge in [-0.25, -0.2) is 13.6 Å². The molecule has 8 heteroatoms. The lowest BCUT2D eigenvalue weighted by molar-refractivity contribution is 0.0281. The zero-order valence-corrected chi connectivity index (χ0v) is 16.1. The van der Waals surface area contributed by atoms with Crippen LogP contribution in [0.5, 0.6) is 0 Å². The first-order valence-electron chi connectivity index (χ1n) is 7.86. The summed E-state index contributed by atoms with van der Waals surface area (Å²) in [6, 6.07) is 1.85. The predicted octanol–water partition coefficient (Wildman–Crippen LogP) is 3.58. The topological polar surface area (TPSA) is 58.6 Å². The van der Waals surface area contributed by atoms with E-state index in [0.29, 0.717) is 4.47 Å². The molecule has 138 valence electrons. The smallest absolute Gasteiger partial charge is 0.410 e. The molecular weight excluding hydrogens is 398 g/mol. The highest BCUT2D eigenvalue weighted by molar-refractivity contribution is 9.10. The highest BCUT2D eigenvalue weighted by Gasteiger charge is 2.38. The van der Waals surface area contributed by atoms with Gasteiger partial charge >= 0.3 is 6.09 Å². The lowest BCUT2D eigenvalue weighted by Crippen LogP contribution is -2.42. The largest absolute Gasteiger partial charge is 0.444 e. The first-order chi connectivity index (χ1) is 11.5. The van der Waals surface area contributed by atoms with Gasteiger partial charge in [0, 0.05) is 16.6 Å². The monoisotopic (exact) mass is 418 g/mol. The number of carbonyl (C=O) groups is 2. The van der Waals surface area contributed by atoms with E-state index in [1.54, 1.807) is 20.8 Å². The lowest BCUT2D eigenvalue weighted by atomic mass is 10.1. The fraction of sp³-hybridized carbons (Fsp3) is 0.529. The van der Waals surface area contributed by atoms with Gasteiger partial charge in [0.15, 0.2) is 0 Å². The van der Waals surface area contributed by atoms with E-state index in [-0.39, 0.29) is 24.2 Å². The maximum Gasteiger partial charge on any atom is 0.410 e. The Morgan fingerprint density at radius 3 is 2.56 bits per heavy atom. The zero-order valence-electron chi connectivity index (χ0n) is 14.5. The molecule has 1 N–H and O–H groups in total. The minimum absolute atomic E-state index is 0.00263. The highest BCUT2D eigenvalue weighted by Crippen LogP contribution is 2.22. The normalized spacial score (nSPS) is 20.5. The van der Waals surface area contributed by atoms with Crippen molar-refractivity contribution in [2.75, 3.05) is 13.1 Å². The van der Waals surface area contributed by atoms with Gasteiger partial charge in [-0.1, -0.05) is 15.9 Å². The van der Waals surface area contributed by atoms with E-state index < -0.39 is 35.6 Å². The summed E-state index contributed by atoms with van der Waals surface area (Å²) in [5.74, 6) is -1.12. The second kappa shape index (κ2) is 7.27. The average molecular weight is 419 g/mol. The van der Waals surface area contributed by atoms with E-state index in [1.807, 2.05) is 0 Å². The van der Waals surface area contributed by atoms with Crippen molar-refractivity contribution in [2.45, 2.75) is 45.5 Å². The third-order valence-electron chi connectivity index (χ3n) is 3.77. The second-order valence-corrected chi connectivity index (χ2v) is 7.96. The number of hydrogen-bond acceptors (Lipinski definition) is 3. The summed E-state index contributed by atoms with van der Waals surface area (Å²) in [6.07, 6.45) is -2.05. The molecule has 1 aliphatic rings. The van der Waals surface area contributed by atoms with Crippen LogP contribution < -0.4 is 5.32 Å². The van der Waals surface area contributed by atoms with Gasteiger partial charge < -0.3 is 15.0 Å². The first-order valence-corrected chi connectivity index (χ1v) is 8.65. The van der Waals surface area contributed by atoms with Gasteiger partial charge in [0.25, 0.3) is 5.91 Å². The van der Waals surface area contributed by atoms with E-state index in [9.17, 15) is 18.4 Å². The van der Waals surface area contributed by atoms with Gasteiger partial charge in [0.1, 0.15) is 17.6 Å². The van der Waals surface area contributed by atoms with Crippen LogP contribution in [0, 0.1) is 12.7 Å². The van der Waals surface area contributed by atoms with Crippen LogP contribution in [0.15, 0.2) is 16.6 Å². The molecule has 25 heavy (non-hydrogen) atoms. The number of benzene rings is 1. The van der Waals surface area contributed by atoms with E-state index in [1.165, 1.54) is 24.0 Å². The molecule has 2 unspecified atom stereocenters. The molecule has 1 heterocycles. The Morgan fingerprint density at radius 1 is 1.32 bits per heavy atom. The third kappa shape index (κ3) is 4.90. The van der Waals surface area contributed by atoms with Crippen molar-refractivity contribution < 1.29 is 23.1 Å². The molecular formula is C17H21BrF2N2O3. The van der Waals surface area contributed by atoms with Crippen molar-refractivity contribution in [2.24, 2.45) is 0 Å². The van der Waals surface area contributed by atoms with E-state index in [0.717, 1.165) is 0 Å². The lowest BCUT2D eigenvalue weighted by Gasteiger charge is -2.24. The minimum atomic E-state index is -1.42. The molecule has 2 rings (SSSR count). The van der Waals surface area contributed by atoms with Gasteiger partial charge in [-0.3, -0.25) is 4.79 Å². The van der Waals surface area contributed by atoms with Crippen LogP contribution in [-0.2, 0) is 4.74 Å². The molecule has 0 aliphatic carbocycles. The average Bonchev–Trinajstić information content (AvgIpc) is 2.82. The molecule has 0 aromatic heterocycles. The standard InChI is InChI=1S/C17H21BrF2N2O3/c1-9-11(5-10(18)6-12(9)19)15(23)21-14-8-22(7-13(14)20)16(24)25-17(2,3)4/h5-6,13-14H,7-8H2,1-4H3,(H,21,23). The molecule has 1 aliphatic heterocycles. The van der Waals surface area contributed by atoms with Gasteiger partial charge in [0.2, 0.25) is 0 Å². The quantitative estimate of drug-likeness (QED) is 0.798. The molecule has 0 spiro atoms. The predicted molar refractivity (Wildman–Crippen MR) is 92.8 cm³/mol. The van der Waals surface area contributed by atoms with Gasteiger partial charge in [0.05, 0.1) is 12.6 Å². The summed E-state index contributed by atoms with van der Waals surface area (Å²) < 4.78 is 33.6. The molecule has 5 nitrogen and oxygen atoms in total. The Morgan fingerprint density at radius 2 is 1.96 bits per heavy atom. The number of ether oxygens (including phenoxy) is 1. The number of amides is 2. The van der Waals surface area contributed by atoms with Crippen LogP contribution in [0.1, 0.15) is 36.7 Å². The maximum atomic E-state index is 14.2. The van der Waals surface area contributed by atoms with Crippen molar-refractivity contribution in [1.29, 1.82) is 0 Å². The Bertz CT molecular complexity index is 691. The Labute approximate surface area is 153 Å². The number of rotatable bonds is 2. The van der Waals surface area contributed by atoms with Crippen LogP contribution in [0.3, 0.4) is 0 Å². The Hall–Kier alpha value is -1.70. The first kappa shape index (κ1) is 19.6. The van der Waals surface area contributed by atoms with Crippen LogP contribution in [0.4, 0.5) is 13.6 Å². The summed E-state index contributed by atoms with van der Waals surface area (Å²) in [7, 11) is 0. The van der Waals surface area contributed by atoms with Gasteiger partial charge in [-0.15, -0.1) is 0 Å². The molecule has 1 fully saturated rings. The van der Waals surface area contributed by atoms with Crippen LogP contribution in [0.2, 0.25) is 0 Å². The Kier molecular flexibility index (Phi) is 5.71. The van der Waals surface area contributed by atoms with Crippen molar-refractivity contribution in [1.82, 2.24) is 10.2 Å². The number of nitrogens with one attached hydrogen (secondary N) is 1. The molecule has 0 saturated carbocycles. The van der Waals surface area contributed by atoms with Gasteiger partial charge in [-0.05, 0) is 45.4 Å². The summed E-state index contributed by atoms with van der Waals surface area (Å²) in [5, 5.41) is 2.54. The van der Waals surface area contributed by atoms with Crippen molar-refractivity contribution in [3.05, 3.63) is 33.5 Å². The van der Waals surface area contributed by atoms with E-state index >= 15 is 0 Å². The fourth-order valence-electron chi connectivity index (χ4n) is 2.50. The third-order valence-corrected chi connectivity index (χ3v) is 4.23. The number of hydrogen-bond donors (Lipinski definition) is 1. The van der Waals surface area contributed by atoms with Crippen molar-refractivity contribution >= 4 is 27.9 Å². The summed E-state index contributed by atoms with van der Waals surface area (Å²) >= 11 is 3.13. The molecule has 1 aromatic rings. The number of carbonyl (C=O) groups excluding carboxylic acids is 2. The minimum Gasteiger partial charge on any atom is -0.444 e. The second-order valence-electron chi connectivity index (χ2n) is 7.04. The van der Waals surface area contributed by atoms with Gasteiger partial charge in [-0.2, -0.15) is 0 Å². The van der Waals surface area contributed by atoms with Crippen LogP contribution in [0.25, 0.3) is 0 Å². The number of halogens is 3. The number of likely N-dealkylation sites (tertiary alicyclic amines) is 1. The fourth-order valence-corrected chi connectivity index (χ4v) is 2.93. The van der Waals surface area contributed by atoms with E-state index in [2.05, 4.69) is 21.2 Å². The summed E-state index contributed by atoms with van der Waals surface area (Å²) in [6.45, 7) is 6.47. The molecule has 2 amide bonds. The SMILES string of the molecule is Cc1c(F)cc(Br)cc1C(=O)NC1CN(C(=O)OC(C)(C)C)CC1F. The van der Waals surface area contributed by atoms with Crippen molar-refractivity contribution in [3.63, 3.8) is 0 Å². The molecule has 1 saturated heterocycles. The van der Waals surface area contributed by atoms with Crippen LogP contribution in [-0.4, -0.2) is 47.8 Å². The summed E-state index contributed by atoms with van der Waals surface area (Å²) in [4.78, 5) is 25.6. The summed E-state index contributed by atoms with van der Waals surface area (Å²) in [5.41, 5.74) is -0.386. The van der Waals surface area contributed by atoms with Crippen molar-refractivity contribution in [3.8, 4) is 0 Å². The molecule has 0 radical (unpaired) electrons. The maximum absolute atomic E-state index is 14.2. The number of alkyl halides is 1.